The average molecular weight is 617 g/mol. The number of nitrogens with zero attached hydrogens (tertiary/aromatic N) is 2. The Morgan fingerprint density at radius 1 is 1.09 bits per heavy atom. The van der Waals surface area contributed by atoms with E-state index in [2.05, 4.69) is 4.99 Å². The van der Waals surface area contributed by atoms with Crippen molar-refractivity contribution in [2.45, 2.75) is 46.4 Å². The molecule has 0 N–H and O–H groups in total. The molecule has 5 rings (SSSR count). The van der Waals surface area contributed by atoms with Crippen molar-refractivity contribution in [3.05, 3.63) is 120 Å². The van der Waals surface area contributed by atoms with Crippen molar-refractivity contribution in [2.24, 2.45) is 4.99 Å². The molecular formula is C34H33FN2O6S. The van der Waals surface area contributed by atoms with Gasteiger partial charge in [0.05, 0.1) is 41.7 Å². The molecule has 0 aliphatic carbocycles. The van der Waals surface area contributed by atoms with Gasteiger partial charge in [-0.1, -0.05) is 41.7 Å². The maximum absolute atomic E-state index is 14.0. The van der Waals surface area contributed by atoms with E-state index in [-0.39, 0.29) is 36.3 Å². The number of benzene rings is 3. The third-order valence-corrected chi connectivity index (χ3v) is 7.84. The van der Waals surface area contributed by atoms with E-state index in [4.69, 9.17) is 18.9 Å². The average Bonchev–Trinajstić information content (AvgIpc) is 3.30. The first-order valence-electron chi connectivity index (χ1n) is 14.2. The second-order valence-corrected chi connectivity index (χ2v) is 11.4. The van der Waals surface area contributed by atoms with Crippen molar-refractivity contribution in [1.29, 1.82) is 0 Å². The van der Waals surface area contributed by atoms with Crippen LogP contribution in [0, 0.1) is 5.82 Å². The lowest BCUT2D eigenvalue weighted by molar-refractivity contribution is -0.139. The molecule has 8 nitrogen and oxygen atoms in total. The molecular weight excluding hydrogens is 583 g/mol. The molecule has 10 heteroatoms. The number of esters is 1. The molecule has 0 radical (unpaired) electrons. The zero-order chi connectivity index (χ0) is 31.4. The van der Waals surface area contributed by atoms with E-state index in [1.807, 2.05) is 44.2 Å². The predicted molar refractivity (Wildman–Crippen MR) is 166 cm³/mol. The summed E-state index contributed by atoms with van der Waals surface area (Å²) < 4.78 is 38.0. The monoisotopic (exact) mass is 616 g/mol. The van der Waals surface area contributed by atoms with Crippen LogP contribution in [-0.4, -0.2) is 30.4 Å². The summed E-state index contributed by atoms with van der Waals surface area (Å²) in [7, 11) is 1.54. The maximum atomic E-state index is 14.0. The van der Waals surface area contributed by atoms with Crippen LogP contribution in [-0.2, 0) is 16.1 Å². The molecule has 0 fully saturated rings. The van der Waals surface area contributed by atoms with Crippen molar-refractivity contribution in [1.82, 2.24) is 4.57 Å². The van der Waals surface area contributed by atoms with Gasteiger partial charge in [0.15, 0.2) is 16.3 Å². The fourth-order valence-corrected chi connectivity index (χ4v) is 5.95. The molecule has 228 valence electrons. The van der Waals surface area contributed by atoms with E-state index < -0.39 is 12.0 Å². The summed E-state index contributed by atoms with van der Waals surface area (Å²) >= 11 is 1.23. The summed E-state index contributed by atoms with van der Waals surface area (Å²) in [6.07, 6.45) is 1.70. The van der Waals surface area contributed by atoms with Crippen molar-refractivity contribution >= 4 is 23.4 Å². The zero-order valence-electron chi connectivity index (χ0n) is 25.1. The lowest BCUT2D eigenvalue weighted by atomic mass is 9.95. The van der Waals surface area contributed by atoms with Crippen LogP contribution in [0.1, 0.15) is 50.4 Å². The smallest absolute Gasteiger partial charge is 0.338 e. The molecule has 0 saturated carbocycles. The van der Waals surface area contributed by atoms with Crippen LogP contribution >= 0.6 is 11.3 Å². The van der Waals surface area contributed by atoms with E-state index >= 15 is 0 Å². The third kappa shape index (κ3) is 6.60. The third-order valence-electron chi connectivity index (χ3n) is 6.86. The van der Waals surface area contributed by atoms with Crippen LogP contribution in [0.4, 0.5) is 4.39 Å². The minimum absolute atomic E-state index is 0.0727. The number of allylic oxidation sites excluding steroid dienone is 1. The topological polar surface area (TPSA) is 88.4 Å². The van der Waals surface area contributed by atoms with Crippen LogP contribution in [0.2, 0.25) is 0 Å². The van der Waals surface area contributed by atoms with Crippen molar-refractivity contribution in [3.63, 3.8) is 0 Å². The standard InChI is InChI=1S/C34H33FN2O6S/c1-6-41-33(39)30-21(4)36-34-37(31(30)24-12-15-27(43-20(2)3)28(18-24)40-5)32(38)29(44-34)17-23-8-7-9-26(16-23)42-19-22-10-13-25(35)14-11-22/h7-18,20,31H,6,19H2,1-5H3/b29-17+/t31-/m1/s1. The minimum Gasteiger partial charge on any atom is -0.493 e. The molecule has 0 saturated heterocycles. The Balaban J connectivity index is 1.56. The summed E-state index contributed by atoms with van der Waals surface area (Å²) in [4.78, 5) is 32.4. The Morgan fingerprint density at radius 2 is 1.86 bits per heavy atom. The second-order valence-electron chi connectivity index (χ2n) is 10.4. The summed E-state index contributed by atoms with van der Waals surface area (Å²) in [5.74, 6) is 0.790. The summed E-state index contributed by atoms with van der Waals surface area (Å²) in [6.45, 7) is 7.76. The fourth-order valence-electron chi connectivity index (χ4n) is 4.91. The van der Waals surface area contributed by atoms with E-state index in [1.54, 1.807) is 51.3 Å². The highest BCUT2D eigenvalue weighted by atomic mass is 32.1. The molecule has 1 aromatic heterocycles. The number of carbonyl (C=O) groups excluding carboxylic acids is 1. The molecule has 1 aliphatic rings. The predicted octanol–water partition coefficient (Wildman–Crippen LogP) is 5.31. The molecule has 4 aromatic rings. The van der Waals surface area contributed by atoms with E-state index in [0.717, 1.165) is 11.1 Å². The molecule has 0 bridgehead atoms. The number of methoxy groups -OCH3 is 1. The van der Waals surface area contributed by atoms with Gasteiger partial charge >= 0.3 is 5.97 Å². The summed E-state index contributed by atoms with van der Waals surface area (Å²) in [5, 5.41) is 0. The quantitative estimate of drug-likeness (QED) is 0.225. The van der Waals surface area contributed by atoms with Gasteiger partial charge in [0, 0.05) is 0 Å². The number of hydrogen-bond acceptors (Lipinski definition) is 8. The highest BCUT2D eigenvalue weighted by Gasteiger charge is 2.34. The normalized spacial score (nSPS) is 14.7. The number of aromatic nitrogens is 1. The molecule has 0 spiro atoms. The fraction of sp³-hybridized carbons (Fsp3) is 0.265. The van der Waals surface area contributed by atoms with Crippen molar-refractivity contribution in [3.8, 4) is 17.2 Å². The number of carbonyl (C=O) groups is 1. The lowest BCUT2D eigenvalue weighted by Gasteiger charge is -2.25. The van der Waals surface area contributed by atoms with Crippen molar-refractivity contribution < 1.29 is 28.1 Å². The van der Waals surface area contributed by atoms with Gasteiger partial charge in [-0.2, -0.15) is 0 Å². The highest BCUT2D eigenvalue weighted by Crippen LogP contribution is 2.36. The maximum Gasteiger partial charge on any atom is 0.338 e. The Kier molecular flexibility index (Phi) is 9.29. The van der Waals surface area contributed by atoms with Gasteiger partial charge in [-0.15, -0.1) is 0 Å². The second kappa shape index (κ2) is 13.3. The van der Waals surface area contributed by atoms with Gasteiger partial charge in [0.1, 0.15) is 18.2 Å². The van der Waals surface area contributed by atoms with Crippen molar-refractivity contribution in [2.75, 3.05) is 13.7 Å². The number of halogens is 1. The number of rotatable bonds is 10. The van der Waals surface area contributed by atoms with Crippen LogP contribution in [0.3, 0.4) is 0 Å². The first-order valence-corrected chi connectivity index (χ1v) is 15.0. The zero-order valence-corrected chi connectivity index (χ0v) is 25.9. The Bertz CT molecular complexity index is 1890. The van der Waals surface area contributed by atoms with Gasteiger partial charge in [0.2, 0.25) is 0 Å². The largest absolute Gasteiger partial charge is 0.493 e. The lowest BCUT2D eigenvalue weighted by Crippen LogP contribution is -2.40. The Morgan fingerprint density at radius 3 is 2.57 bits per heavy atom. The number of thiazole rings is 1. The van der Waals surface area contributed by atoms with Gasteiger partial charge in [-0.3, -0.25) is 9.36 Å². The van der Waals surface area contributed by atoms with Gasteiger partial charge in [-0.25, -0.2) is 14.2 Å². The molecule has 2 heterocycles. The summed E-state index contributed by atoms with van der Waals surface area (Å²) in [5.41, 5.74) is 2.69. The molecule has 44 heavy (non-hydrogen) atoms. The number of ether oxygens (including phenoxy) is 4. The summed E-state index contributed by atoms with van der Waals surface area (Å²) in [6, 6.07) is 18.1. The Labute approximate surface area is 258 Å². The van der Waals surface area contributed by atoms with Crippen LogP contribution < -0.4 is 29.1 Å². The minimum atomic E-state index is -0.792. The SMILES string of the molecule is CCOC(=O)C1=C(C)N=c2s/c(=C/c3cccc(OCc4ccc(F)cc4)c3)c(=O)n2[C@@H]1c1ccc(OC(C)C)c(OC)c1. The van der Waals surface area contributed by atoms with E-state index in [0.29, 0.717) is 37.8 Å². The Hall–Kier alpha value is -4.70. The van der Waals surface area contributed by atoms with E-state index in [9.17, 15) is 14.0 Å². The molecule has 1 atom stereocenters. The number of hydrogen-bond donors (Lipinski definition) is 0. The molecule has 1 aliphatic heterocycles. The first kappa shape index (κ1) is 30.7. The molecule has 3 aromatic carbocycles. The van der Waals surface area contributed by atoms with E-state index in [1.165, 1.54) is 28.0 Å². The molecule has 0 amide bonds. The molecule has 0 unspecified atom stereocenters. The van der Waals surface area contributed by atoms with Crippen LogP contribution in [0.5, 0.6) is 17.2 Å². The number of fused-ring (bicyclic) bond motifs is 1. The van der Waals surface area contributed by atoms with Gasteiger partial charge < -0.3 is 18.9 Å². The first-order chi connectivity index (χ1) is 21.2. The van der Waals surface area contributed by atoms with Crippen LogP contribution in [0.15, 0.2) is 87.8 Å². The van der Waals surface area contributed by atoms with Gasteiger partial charge in [0.25, 0.3) is 5.56 Å². The van der Waals surface area contributed by atoms with Gasteiger partial charge in [-0.05, 0) is 86.9 Å². The highest BCUT2D eigenvalue weighted by molar-refractivity contribution is 7.07. The van der Waals surface area contributed by atoms with Crippen LogP contribution in [0.25, 0.3) is 6.08 Å².